The number of nitrogens with zero attached hydrogens (tertiary/aromatic N) is 6. The number of hydrogen-bond donors (Lipinski definition) is 0. The normalized spacial score (nSPS) is 11.2. The zero-order chi connectivity index (χ0) is 20.2. The number of thiophene rings is 1. The van der Waals surface area contributed by atoms with E-state index in [2.05, 4.69) is 59.5 Å². The lowest BCUT2D eigenvalue weighted by Gasteiger charge is -2.16. The Hall–Kier alpha value is -2.81. The van der Waals surface area contributed by atoms with Gasteiger partial charge < -0.3 is 4.57 Å². The fraction of sp³-hybridized carbons (Fsp3) is 0.190. The molecule has 0 aliphatic carbocycles. The molecule has 0 unspecified atom stereocenters. The van der Waals surface area contributed by atoms with Crippen molar-refractivity contribution in [3.8, 4) is 16.3 Å². The summed E-state index contributed by atoms with van der Waals surface area (Å²) in [5, 5.41) is 11.4. The molecule has 0 fully saturated rings. The molecule has 0 aliphatic heterocycles. The van der Waals surface area contributed by atoms with Gasteiger partial charge in [0.1, 0.15) is 12.0 Å². The van der Waals surface area contributed by atoms with Gasteiger partial charge in [-0.05, 0) is 42.8 Å². The molecule has 0 radical (unpaired) electrons. The van der Waals surface area contributed by atoms with Gasteiger partial charge >= 0.3 is 0 Å². The van der Waals surface area contributed by atoms with Crippen LogP contribution in [-0.4, -0.2) is 36.1 Å². The highest BCUT2D eigenvalue weighted by atomic mass is 32.1. The van der Waals surface area contributed by atoms with Crippen molar-refractivity contribution in [2.45, 2.75) is 19.8 Å². The van der Waals surface area contributed by atoms with E-state index in [0.29, 0.717) is 18.0 Å². The van der Waals surface area contributed by atoms with Crippen LogP contribution in [0.1, 0.15) is 5.56 Å². The zero-order valence-electron chi connectivity index (χ0n) is 16.2. The minimum absolute atomic E-state index is 0.601. The second-order valence-corrected chi connectivity index (χ2v) is 8.08. The van der Waals surface area contributed by atoms with Gasteiger partial charge in [-0.1, -0.05) is 30.3 Å². The monoisotopic (exact) mass is 422 g/mol. The van der Waals surface area contributed by atoms with Crippen molar-refractivity contribution >= 4 is 23.6 Å². The van der Waals surface area contributed by atoms with Crippen molar-refractivity contribution in [3.05, 3.63) is 83.4 Å². The number of aromatic nitrogens is 5. The highest BCUT2D eigenvalue weighted by Crippen LogP contribution is 2.28. The van der Waals surface area contributed by atoms with Crippen LogP contribution in [0.3, 0.4) is 0 Å². The quantitative estimate of drug-likeness (QED) is 0.307. The van der Waals surface area contributed by atoms with E-state index in [4.69, 9.17) is 17.3 Å². The van der Waals surface area contributed by atoms with Gasteiger partial charge in [-0.25, -0.2) is 9.36 Å². The standard InChI is InChI=1S/C21H22N6S2/c1-3-11-25-15-22-27(21(25)28)16-24(2)13-17-14-26(18-8-5-4-6-9-18)23-20(17)19-10-7-12-29-19/h3-10,12,14-15H,1,11,13,16H2,2H3. The maximum atomic E-state index is 5.51. The maximum Gasteiger partial charge on any atom is 0.199 e. The topological polar surface area (TPSA) is 43.8 Å². The first-order chi connectivity index (χ1) is 14.2. The largest absolute Gasteiger partial charge is 0.303 e. The van der Waals surface area contributed by atoms with E-state index in [-0.39, 0.29) is 0 Å². The van der Waals surface area contributed by atoms with E-state index < -0.39 is 0 Å². The summed E-state index contributed by atoms with van der Waals surface area (Å²) in [4.78, 5) is 3.35. The van der Waals surface area contributed by atoms with Crippen LogP contribution in [-0.2, 0) is 19.8 Å². The fourth-order valence-electron chi connectivity index (χ4n) is 3.16. The average Bonchev–Trinajstić information content (AvgIpc) is 3.46. The molecule has 0 bridgehead atoms. The second kappa shape index (κ2) is 8.69. The number of benzene rings is 1. The first-order valence-corrected chi connectivity index (χ1v) is 10.5. The van der Waals surface area contributed by atoms with Gasteiger partial charge in [-0.3, -0.25) is 4.90 Å². The summed E-state index contributed by atoms with van der Waals surface area (Å²) >= 11 is 7.21. The molecule has 0 saturated heterocycles. The summed E-state index contributed by atoms with van der Waals surface area (Å²) in [6, 6.07) is 14.3. The summed E-state index contributed by atoms with van der Waals surface area (Å²) in [6.07, 6.45) is 5.68. The van der Waals surface area contributed by atoms with Crippen molar-refractivity contribution in [1.29, 1.82) is 0 Å². The first kappa shape index (κ1) is 19.5. The molecule has 148 valence electrons. The smallest absolute Gasteiger partial charge is 0.199 e. The molecule has 3 heterocycles. The van der Waals surface area contributed by atoms with E-state index in [9.17, 15) is 0 Å². The van der Waals surface area contributed by atoms with E-state index in [1.807, 2.05) is 38.2 Å². The predicted molar refractivity (Wildman–Crippen MR) is 120 cm³/mol. The zero-order valence-corrected chi connectivity index (χ0v) is 17.8. The van der Waals surface area contributed by atoms with Gasteiger partial charge in [0, 0.05) is 24.8 Å². The van der Waals surface area contributed by atoms with E-state index in [1.54, 1.807) is 17.7 Å². The maximum absolute atomic E-state index is 5.51. The van der Waals surface area contributed by atoms with Crippen LogP contribution in [0.2, 0.25) is 0 Å². The van der Waals surface area contributed by atoms with Crippen molar-refractivity contribution in [2.24, 2.45) is 0 Å². The van der Waals surface area contributed by atoms with Crippen molar-refractivity contribution < 1.29 is 0 Å². The number of hydrogen-bond acceptors (Lipinski definition) is 5. The number of para-hydroxylation sites is 1. The van der Waals surface area contributed by atoms with Crippen LogP contribution in [0.5, 0.6) is 0 Å². The summed E-state index contributed by atoms with van der Waals surface area (Å²) in [6.45, 7) is 5.76. The Morgan fingerprint density at radius 1 is 1.21 bits per heavy atom. The Bertz CT molecular complexity index is 1140. The van der Waals surface area contributed by atoms with Gasteiger partial charge in [0.25, 0.3) is 0 Å². The minimum atomic E-state index is 0.601. The van der Waals surface area contributed by atoms with Crippen LogP contribution in [0, 0.1) is 4.77 Å². The molecule has 4 aromatic rings. The third kappa shape index (κ3) is 4.29. The molecule has 0 amide bonds. The molecule has 3 aromatic heterocycles. The molecular weight excluding hydrogens is 400 g/mol. The van der Waals surface area contributed by atoms with Crippen molar-refractivity contribution in [1.82, 2.24) is 29.0 Å². The molecule has 0 saturated carbocycles. The van der Waals surface area contributed by atoms with Gasteiger partial charge in [-0.2, -0.15) is 10.2 Å². The van der Waals surface area contributed by atoms with Crippen molar-refractivity contribution in [2.75, 3.05) is 7.05 Å². The first-order valence-electron chi connectivity index (χ1n) is 9.25. The number of rotatable bonds is 8. The lowest BCUT2D eigenvalue weighted by atomic mass is 10.2. The lowest BCUT2D eigenvalue weighted by molar-refractivity contribution is 0.244. The summed E-state index contributed by atoms with van der Waals surface area (Å²) < 4.78 is 6.37. The molecule has 6 nitrogen and oxygen atoms in total. The lowest BCUT2D eigenvalue weighted by Crippen LogP contribution is -2.22. The molecule has 29 heavy (non-hydrogen) atoms. The van der Waals surface area contributed by atoms with Gasteiger partial charge in [0.2, 0.25) is 0 Å². The van der Waals surface area contributed by atoms with Crippen LogP contribution < -0.4 is 0 Å². The minimum Gasteiger partial charge on any atom is -0.303 e. The Balaban J connectivity index is 1.59. The predicted octanol–water partition coefficient (Wildman–Crippen LogP) is 4.60. The molecule has 4 rings (SSSR count). The van der Waals surface area contributed by atoms with Crippen LogP contribution in [0.25, 0.3) is 16.3 Å². The molecule has 1 aromatic carbocycles. The van der Waals surface area contributed by atoms with E-state index >= 15 is 0 Å². The summed E-state index contributed by atoms with van der Waals surface area (Å²) in [5.74, 6) is 0. The van der Waals surface area contributed by atoms with Crippen LogP contribution >= 0.6 is 23.6 Å². The molecule has 0 atom stereocenters. The van der Waals surface area contributed by atoms with Gasteiger partial charge in [-0.15, -0.1) is 17.9 Å². The SMILES string of the molecule is C=CCn1cnn(CN(C)Cc2cn(-c3ccccc3)nc2-c2cccs2)c1=S. The third-order valence-electron chi connectivity index (χ3n) is 4.50. The summed E-state index contributed by atoms with van der Waals surface area (Å²) in [7, 11) is 2.06. The van der Waals surface area contributed by atoms with Crippen molar-refractivity contribution in [3.63, 3.8) is 0 Å². The highest BCUT2D eigenvalue weighted by Gasteiger charge is 2.15. The number of allylic oxidation sites excluding steroid dienone is 1. The molecule has 8 heteroatoms. The Labute approximate surface area is 179 Å². The third-order valence-corrected chi connectivity index (χ3v) is 5.83. The van der Waals surface area contributed by atoms with E-state index in [1.165, 1.54) is 0 Å². The molecule has 0 spiro atoms. The van der Waals surface area contributed by atoms with Gasteiger partial charge in [0.05, 0.1) is 17.2 Å². The second-order valence-electron chi connectivity index (χ2n) is 6.77. The average molecular weight is 423 g/mol. The Morgan fingerprint density at radius 2 is 2.03 bits per heavy atom. The van der Waals surface area contributed by atoms with E-state index in [0.717, 1.165) is 28.4 Å². The van der Waals surface area contributed by atoms with Crippen LogP contribution in [0.15, 0.2) is 73.0 Å². The molecule has 0 N–H and O–H groups in total. The van der Waals surface area contributed by atoms with Gasteiger partial charge in [0.15, 0.2) is 4.77 Å². The highest BCUT2D eigenvalue weighted by molar-refractivity contribution is 7.71. The molecule has 0 aliphatic rings. The Kier molecular flexibility index (Phi) is 5.84. The summed E-state index contributed by atoms with van der Waals surface area (Å²) in [5.41, 5.74) is 3.22. The molecular formula is C21H22N6S2. The fourth-order valence-corrected chi connectivity index (χ4v) is 4.13. The Morgan fingerprint density at radius 3 is 2.76 bits per heavy atom. The van der Waals surface area contributed by atoms with Crippen LogP contribution in [0.4, 0.5) is 0 Å².